The molecule has 280 valence electrons. The average Bonchev–Trinajstić information content (AvgIpc) is 3.29. The normalized spacial score (nSPS) is 19.9. The molecule has 4 aliphatic carbocycles. The Hall–Kier alpha value is -6.38. The van der Waals surface area contributed by atoms with Crippen LogP contribution < -0.4 is 4.90 Å². The minimum absolute atomic E-state index is 0.328. The van der Waals surface area contributed by atoms with E-state index in [0.717, 1.165) is 51.4 Å². The van der Waals surface area contributed by atoms with Crippen molar-refractivity contribution < 1.29 is 0 Å². The average molecular weight is 747 g/mol. The lowest BCUT2D eigenvalue weighted by Gasteiger charge is -2.43. The molecule has 0 spiro atoms. The van der Waals surface area contributed by atoms with Crippen molar-refractivity contribution in [3.63, 3.8) is 0 Å². The molecule has 0 saturated carbocycles. The highest BCUT2D eigenvalue weighted by Gasteiger charge is 2.32. The molecular weight excluding hydrogens is 701 g/mol. The maximum absolute atomic E-state index is 2.70. The van der Waals surface area contributed by atoms with Gasteiger partial charge in [0.25, 0.3) is 0 Å². The Balaban J connectivity index is 0.949. The van der Waals surface area contributed by atoms with Crippen LogP contribution in [0.1, 0.15) is 62.5 Å². The van der Waals surface area contributed by atoms with Gasteiger partial charge in [0.2, 0.25) is 0 Å². The topological polar surface area (TPSA) is 6.48 Å². The summed E-state index contributed by atoms with van der Waals surface area (Å²) in [5, 5.41) is 7.87. The lowest BCUT2D eigenvalue weighted by atomic mass is 9.84. The van der Waals surface area contributed by atoms with Crippen LogP contribution in [0.2, 0.25) is 0 Å². The molecule has 1 atom stereocenters. The quantitative estimate of drug-likeness (QED) is 0.166. The van der Waals surface area contributed by atoms with E-state index in [2.05, 4.69) is 174 Å². The molecule has 58 heavy (non-hydrogen) atoms. The molecule has 1 unspecified atom stereocenters. The van der Waals surface area contributed by atoms with Crippen molar-refractivity contribution in [1.82, 2.24) is 4.90 Å². The summed E-state index contributed by atoms with van der Waals surface area (Å²) >= 11 is 0. The summed E-state index contributed by atoms with van der Waals surface area (Å²) in [5.74, 6) is 0. The third kappa shape index (κ3) is 5.38. The fourth-order valence-electron chi connectivity index (χ4n) is 10.9. The third-order valence-corrected chi connectivity index (χ3v) is 13.6. The van der Waals surface area contributed by atoms with Crippen molar-refractivity contribution in [1.29, 1.82) is 0 Å². The number of nitrogens with zero attached hydrogens (tertiary/aromatic N) is 2. The fraction of sp³-hybridized carbons (Fsp3) is 0.179. The minimum atomic E-state index is 0.328. The Morgan fingerprint density at radius 2 is 1.21 bits per heavy atom. The van der Waals surface area contributed by atoms with E-state index in [9.17, 15) is 0 Å². The molecule has 0 radical (unpaired) electrons. The SMILES string of the molecule is C1=CC2=C(CC1)CC1=C(CCC=C1)N2C1C=CC(c2cc3cc(-c4ccc(N5C6=C(C=CCC6)Cc6ccccc65)cc4)c4ccccc4c3c3ccccc23)=CC1. The Bertz CT molecular complexity index is 2970. The Morgan fingerprint density at radius 1 is 0.552 bits per heavy atom. The van der Waals surface area contributed by atoms with Gasteiger partial charge in [-0.3, -0.25) is 0 Å². The number of para-hydroxylation sites is 1. The third-order valence-electron chi connectivity index (χ3n) is 13.6. The largest absolute Gasteiger partial charge is 0.338 e. The monoisotopic (exact) mass is 746 g/mol. The highest BCUT2D eigenvalue weighted by atomic mass is 15.2. The Morgan fingerprint density at radius 3 is 1.98 bits per heavy atom. The smallest absolute Gasteiger partial charge is 0.0557 e. The van der Waals surface area contributed by atoms with Crippen molar-refractivity contribution in [2.24, 2.45) is 0 Å². The van der Waals surface area contributed by atoms with E-state index in [1.54, 1.807) is 5.57 Å². The van der Waals surface area contributed by atoms with Gasteiger partial charge in [-0.1, -0.05) is 127 Å². The van der Waals surface area contributed by atoms with E-state index < -0.39 is 0 Å². The first-order chi connectivity index (χ1) is 28.8. The van der Waals surface area contributed by atoms with Crippen LogP contribution in [0.15, 0.2) is 198 Å². The molecule has 12 rings (SSSR count). The second-order valence-corrected chi connectivity index (χ2v) is 16.8. The van der Waals surface area contributed by atoms with Crippen LogP contribution >= 0.6 is 0 Å². The molecule has 2 nitrogen and oxygen atoms in total. The molecule has 2 heteroatoms. The predicted molar refractivity (Wildman–Crippen MR) is 245 cm³/mol. The standard InChI is InChI=1S/C56H46N2/c1-9-21-52-39(13-1)33-40-14-2-10-22-53(40)57(52)44-29-25-37(26-30-44)50-35-43-36-51(47-18-6-8-20-49(47)56(43)48-19-7-5-17-46(48)50)38-27-31-45(32-28-38)58-54-23-11-3-15-41(54)34-42-16-4-12-24-55(42)58/h1-3,5-9,12-15,17-21,24-31,35-36,45H,4,10-11,16,22-23,32-34H2. The van der Waals surface area contributed by atoms with E-state index in [0.29, 0.717) is 6.04 Å². The highest BCUT2D eigenvalue weighted by molar-refractivity contribution is 6.25. The van der Waals surface area contributed by atoms with E-state index >= 15 is 0 Å². The summed E-state index contributed by atoms with van der Waals surface area (Å²) in [6.07, 6.45) is 31.6. The lowest BCUT2D eigenvalue weighted by Crippen LogP contribution is -2.37. The summed E-state index contributed by atoms with van der Waals surface area (Å²) in [7, 11) is 0. The van der Waals surface area contributed by atoms with Gasteiger partial charge in [0, 0.05) is 34.9 Å². The first-order valence-electron chi connectivity index (χ1n) is 21.5. The number of hydrogen-bond acceptors (Lipinski definition) is 2. The van der Waals surface area contributed by atoms with Crippen LogP contribution in [0.25, 0.3) is 49.0 Å². The van der Waals surface area contributed by atoms with Crippen molar-refractivity contribution in [2.45, 2.75) is 63.8 Å². The predicted octanol–water partition coefficient (Wildman–Crippen LogP) is 14.7. The molecule has 0 saturated heterocycles. The van der Waals surface area contributed by atoms with E-state index in [1.807, 2.05) is 0 Å². The highest BCUT2D eigenvalue weighted by Crippen LogP contribution is 2.46. The van der Waals surface area contributed by atoms with Crippen LogP contribution in [0.5, 0.6) is 0 Å². The molecule has 0 bridgehead atoms. The summed E-state index contributed by atoms with van der Waals surface area (Å²) < 4.78 is 0. The van der Waals surface area contributed by atoms with Gasteiger partial charge in [-0.15, -0.1) is 0 Å². The summed E-state index contributed by atoms with van der Waals surface area (Å²) in [6, 6.07) is 41.7. The molecule has 2 heterocycles. The maximum Gasteiger partial charge on any atom is 0.0557 e. The fourth-order valence-corrected chi connectivity index (χ4v) is 10.9. The van der Waals surface area contributed by atoms with Crippen molar-refractivity contribution >= 4 is 49.3 Å². The van der Waals surface area contributed by atoms with Gasteiger partial charge in [-0.2, -0.15) is 0 Å². The number of benzene rings is 6. The van der Waals surface area contributed by atoms with Gasteiger partial charge >= 0.3 is 0 Å². The number of allylic oxidation sites excluding steroid dienone is 13. The van der Waals surface area contributed by atoms with Crippen molar-refractivity contribution in [3.05, 3.63) is 209 Å². The van der Waals surface area contributed by atoms with Crippen LogP contribution in [0.3, 0.4) is 0 Å². The number of anilines is 2. The Kier molecular flexibility index (Phi) is 7.93. The number of hydrogen-bond donors (Lipinski definition) is 0. The molecular formula is C56H46N2. The zero-order chi connectivity index (χ0) is 38.2. The van der Waals surface area contributed by atoms with Crippen LogP contribution in [-0.2, 0) is 6.42 Å². The van der Waals surface area contributed by atoms with E-state index in [4.69, 9.17) is 0 Å². The zero-order valence-electron chi connectivity index (χ0n) is 32.9. The van der Waals surface area contributed by atoms with Crippen LogP contribution in [0, 0.1) is 0 Å². The van der Waals surface area contributed by atoms with E-state index in [1.165, 1.54) is 106 Å². The molecule has 6 aromatic rings. The number of fused-ring (bicyclic) bond motifs is 6. The molecule has 0 fully saturated rings. The molecule has 6 aromatic carbocycles. The molecule has 0 N–H and O–H groups in total. The van der Waals surface area contributed by atoms with Gasteiger partial charge in [0.1, 0.15) is 0 Å². The summed E-state index contributed by atoms with van der Waals surface area (Å²) in [4.78, 5) is 5.22. The van der Waals surface area contributed by atoms with Crippen LogP contribution in [-0.4, -0.2) is 10.9 Å². The van der Waals surface area contributed by atoms with Crippen molar-refractivity contribution in [3.8, 4) is 11.1 Å². The molecule has 2 aliphatic heterocycles. The van der Waals surface area contributed by atoms with Crippen LogP contribution in [0.4, 0.5) is 11.4 Å². The Labute approximate surface area is 341 Å². The molecule has 6 aliphatic rings. The second kappa shape index (κ2) is 13.6. The van der Waals surface area contributed by atoms with E-state index in [-0.39, 0.29) is 0 Å². The minimum Gasteiger partial charge on any atom is -0.338 e. The van der Waals surface area contributed by atoms with Gasteiger partial charge in [0.15, 0.2) is 0 Å². The summed E-state index contributed by atoms with van der Waals surface area (Å²) in [6.45, 7) is 0. The number of rotatable bonds is 4. The maximum atomic E-state index is 2.70. The van der Waals surface area contributed by atoms with Gasteiger partial charge in [0.05, 0.1) is 6.04 Å². The zero-order valence-corrected chi connectivity index (χ0v) is 32.9. The molecule has 0 aromatic heterocycles. The lowest BCUT2D eigenvalue weighted by molar-refractivity contribution is 0.340. The first kappa shape index (κ1) is 33.7. The van der Waals surface area contributed by atoms with Gasteiger partial charge < -0.3 is 9.80 Å². The first-order valence-corrected chi connectivity index (χ1v) is 21.5. The second-order valence-electron chi connectivity index (χ2n) is 16.8. The van der Waals surface area contributed by atoms with Gasteiger partial charge in [-0.05, 0) is 165 Å². The van der Waals surface area contributed by atoms with Gasteiger partial charge in [-0.25, -0.2) is 0 Å². The van der Waals surface area contributed by atoms with Crippen molar-refractivity contribution in [2.75, 3.05) is 4.90 Å². The summed E-state index contributed by atoms with van der Waals surface area (Å²) in [5.41, 5.74) is 18.1. The molecule has 0 amide bonds.